The number of carbonyl (C=O) groups excluding carboxylic acids is 1. The molecule has 0 aliphatic heterocycles. The number of benzene rings is 3. The van der Waals surface area contributed by atoms with Gasteiger partial charge in [-0.3, -0.25) is 15.1 Å². The first kappa shape index (κ1) is 29.8. The molecule has 0 bridgehead atoms. The topological polar surface area (TPSA) is 74.2 Å². The molecule has 0 saturated carbocycles. The van der Waals surface area contributed by atoms with E-state index in [2.05, 4.69) is 15.6 Å². The lowest BCUT2D eigenvalue weighted by molar-refractivity contribution is -0.138. The maximum Gasteiger partial charge on any atom is 0.417 e. The Kier molecular flexibility index (Phi) is 8.50. The number of rotatable bonds is 9. The molecule has 4 aromatic rings. The van der Waals surface area contributed by atoms with Crippen LogP contribution in [-0.4, -0.2) is 22.2 Å². The van der Waals surface area contributed by atoms with Crippen LogP contribution in [0.15, 0.2) is 97.2 Å². The Balaban J connectivity index is 1.88. The first-order valence-corrected chi connectivity index (χ1v) is 12.4. The van der Waals surface area contributed by atoms with E-state index in [-0.39, 0.29) is 23.5 Å². The molecule has 3 N–H and O–H groups in total. The van der Waals surface area contributed by atoms with Crippen LogP contribution in [0.3, 0.4) is 0 Å². The molecule has 214 valence electrons. The Morgan fingerprint density at radius 3 is 2.07 bits per heavy atom. The zero-order valence-electron chi connectivity index (χ0n) is 21.6. The van der Waals surface area contributed by atoms with E-state index in [4.69, 9.17) is 0 Å². The number of aliphatic hydroxyl groups is 1. The number of alkyl halides is 6. The number of carbonyl (C=O) groups is 1. The van der Waals surface area contributed by atoms with E-state index in [1.165, 1.54) is 25.1 Å². The zero-order valence-corrected chi connectivity index (χ0v) is 21.6. The van der Waals surface area contributed by atoms with Crippen LogP contribution >= 0.6 is 0 Å². The van der Waals surface area contributed by atoms with Gasteiger partial charge < -0.3 is 10.4 Å². The molecule has 0 aliphatic carbocycles. The molecule has 0 radical (unpaired) electrons. The lowest BCUT2D eigenvalue weighted by Gasteiger charge is -2.38. The van der Waals surface area contributed by atoms with Gasteiger partial charge in [0.2, 0.25) is 0 Å². The van der Waals surface area contributed by atoms with Gasteiger partial charge in [-0.15, -0.1) is 0 Å². The molecular formula is C30H25F6N3O2. The Morgan fingerprint density at radius 1 is 0.805 bits per heavy atom. The summed E-state index contributed by atoms with van der Waals surface area (Å²) in [6.45, 7) is 1.36. The Labute approximate surface area is 231 Å². The highest BCUT2D eigenvalue weighted by Gasteiger charge is 2.41. The fourth-order valence-electron chi connectivity index (χ4n) is 4.48. The average Bonchev–Trinajstić information content (AvgIpc) is 2.92. The summed E-state index contributed by atoms with van der Waals surface area (Å²) < 4.78 is 81.4. The fourth-order valence-corrected chi connectivity index (χ4v) is 4.48. The van der Waals surface area contributed by atoms with E-state index in [9.17, 15) is 36.2 Å². The molecule has 41 heavy (non-hydrogen) atoms. The largest absolute Gasteiger partial charge is 0.417 e. The van der Waals surface area contributed by atoms with Crippen LogP contribution in [0.1, 0.15) is 45.2 Å². The van der Waals surface area contributed by atoms with Crippen molar-refractivity contribution >= 4 is 11.5 Å². The van der Waals surface area contributed by atoms with Crippen molar-refractivity contribution in [2.45, 2.75) is 37.6 Å². The summed E-state index contributed by atoms with van der Waals surface area (Å²) in [6.07, 6.45) is -10.6. The molecule has 0 saturated heterocycles. The molecule has 1 aromatic heterocycles. The summed E-state index contributed by atoms with van der Waals surface area (Å²) >= 11 is 0. The Hall–Kier alpha value is -4.22. The van der Waals surface area contributed by atoms with Gasteiger partial charge in [0.15, 0.2) is 12.1 Å². The van der Waals surface area contributed by atoms with Gasteiger partial charge in [-0.2, -0.15) is 26.3 Å². The minimum Gasteiger partial charge on any atom is -0.361 e. The smallest absolute Gasteiger partial charge is 0.361 e. The molecule has 0 aliphatic rings. The highest BCUT2D eigenvalue weighted by molar-refractivity contribution is 5.94. The lowest BCUT2D eigenvalue weighted by Crippen LogP contribution is -2.53. The third kappa shape index (κ3) is 7.11. The summed E-state index contributed by atoms with van der Waals surface area (Å²) in [6, 6.07) is 20.9. The van der Waals surface area contributed by atoms with Gasteiger partial charge in [-0.1, -0.05) is 54.6 Å². The van der Waals surface area contributed by atoms with Crippen LogP contribution in [0.5, 0.6) is 0 Å². The van der Waals surface area contributed by atoms with Crippen molar-refractivity contribution < 1.29 is 36.2 Å². The fraction of sp³-hybridized carbons (Fsp3) is 0.200. The molecule has 0 amide bonds. The van der Waals surface area contributed by atoms with Crippen molar-refractivity contribution in [1.29, 1.82) is 0 Å². The molecule has 5 nitrogen and oxygen atoms in total. The predicted molar refractivity (Wildman–Crippen MR) is 141 cm³/mol. The monoisotopic (exact) mass is 573 g/mol. The SMILES string of the molecule is CC(=O)c1cccc(NC(O)NC(Cc2ccccc2)(c2cccc(C(F)(F)F)c2)c2ccc(C(F)(F)F)cn2)c1. The van der Waals surface area contributed by atoms with Crippen molar-refractivity contribution in [3.8, 4) is 0 Å². The molecular weight excluding hydrogens is 548 g/mol. The highest BCUT2D eigenvalue weighted by Crippen LogP contribution is 2.38. The number of nitrogens with one attached hydrogen (secondary N) is 2. The van der Waals surface area contributed by atoms with Crippen LogP contribution in [0.25, 0.3) is 0 Å². The minimum absolute atomic E-state index is 0.00164. The number of pyridine rings is 1. The van der Waals surface area contributed by atoms with Gasteiger partial charge >= 0.3 is 12.4 Å². The lowest BCUT2D eigenvalue weighted by atomic mass is 9.79. The molecule has 3 aromatic carbocycles. The van der Waals surface area contributed by atoms with E-state index in [0.29, 0.717) is 23.0 Å². The van der Waals surface area contributed by atoms with Crippen molar-refractivity contribution in [2.24, 2.45) is 0 Å². The van der Waals surface area contributed by atoms with Gasteiger partial charge in [-0.05, 0) is 54.4 Å². The van der Waals surface area contributed by atoms with Crippen LogP contribution in [0, 0.1) is 0 Å². The van der Waals surface area contributed by atoms with Gasteiger partial charge in [-0.25, -0.2) is 0 Å². The molecule has 2 atom stereocenters. The maximum atomic E-state index is 13.8. The van der Waals surface area contributed by atoms with Crippen LogP contribution in [0.4, 0.5) is 32.0 Å². The van der Waals surface area contributed by atoms with Gasteiger partial charge in [0.25, 0.3) is 0 Å². The summed E-state index contributed by atoms with van der Waals surface area (Å²) in [5.74, 6) is -0.229. The van der Waals surface area contributed by atoms with Crippen LogP contribution in [0.2, 0.25) is 0 Å². The second kappa shape index (κ2) is 11.7. The molecule has 2 unspecified atom stereocenters. The van der Waals surface area contributed by atoms with Crippen molar-refractivity contribution in [1.82, 2.24) is 10.3 Å². The van der Waals surface area contributed by atoms with Crippen molar-refractivity contribution in [3.05, 3.63) is 131 Å². The Bertz CT molecular complexity index is 1490. The molecule has 0 fully saturated rings. The standard InChI is InChI=1S/C30H25F6N3O2/c1-19(40)21-9-5-12-25(15-21)38-27(41)39-28(17-20-7-3-2-4-8-20,22-10-6-11-23(16-22)29(31,32)33)26-14-13-24(18-37-26)30(34,35)36/h2-16,18,27,38-39,41H,17H2,1H3. The van der Waals surface area contributed by atoms with E-state index < -0.39 is 35.4 Å². The van der Waals surface area contributed by atoms with E-state index in [1.54, 1.807) is 48.5 Å². The second-order valence-electron chi connectivity index (χ2n) is 9.40. The number of ketones is 1. The van der Waals surface area contributed by atoms with Crippen LogP contribution < -0.4 is 10.6 Å². The summed E-state index contributed by atoms with van der Waals surface area (Å²) in [4.78, 5) is 15.8. The summed E-state index contributed by atoms with van der Waals surface area (Å²) in [5.41, 5.74) is -2.58. The first-order valence-electron chi connectivity index (χ1n) is 12.4. The molecule has 0 spiro atoms. The van der Waals surface area contributed by atoms with Gasteiger partial charge in [0.1, 0.15) is 0 Å². The highest BCUT2D eigenvalue weighted by atomic mass is 19.4. The number of nitrogens with zero attached hydrogens (tertiary/aromatic N) is 1. The van der Waals surface area contributed by atoms with E-state index in [0.717, 1.165) is 24.3 Å². The van der Waals surface area contributed by atoms with Crippen LogP contribution in [-0.2, 0) is 24.3 Å². The zero-order chi connectivity index (χ0) is 29.8. The predicted octanol–water partition coefficient (Wildman–Crippen LogP) is 6.79. The van der Waals surface area contributed by atoms with Crippen molar-refractivity contribution in [2.75, 3.05) is 5.32 Å². The normalized spacial score (nSPS) is 14.2. The average molecular weight is 574 g/mol. The van der Waals surface area contributed by atoms with Gasteiger partial charge in [0.05, 0.1) is 22.4 Å². The van der Waals surface area contributed by atoms with E-state index >= 15 is 0 Å². The Morgan fingerprint density at radius 2 is 1.46 bits per heavy atom. The van der Waals surface area contributed by atoms with E-state index in [1.807, 2.05) is 0 Å². The summed E-state index contributed by atoms with van der Waals surface area (Å²) in [7, 11) is 0. The minimum atomic E-state index is -4.72. The molecule has 1 heterocycles. The number of halogens is 6. The quantitative estimate of drug-likeness (QED) is 0.117. The van der Waals surface area contributed by atoms with Gasteiger partial charge in [0, 0.05) is 23.9 Å². The second-order valence-corrected chi connectivity index (χ2v) is 9.40. The van der Waals surface area contributed by atoms with Crippen molar-refractivity contribution in [3.63, 3.8) is 0 Å². The third-order valence-electron chi connectivity index (χ3n) is 6.48. The molecule has 4 rings (SSSR count). The number of Topliss-reactive ketones (excluding diaryl/α,β-unsaturated/α-hetero) is 1. The first-order chi connectivity index (χ1) is 19.3. The number of hydrogen-bond donors (Lipinski definition) is 3. The number of aromatic nitrogens is 1. The number of aliphatic hydroxyl groups excluding tert-OH is 1. The number of anilines is 1. The number of hydrogen-bond acceptors (Lipinski definition) is 5. The third-order valence-corrected chi connectivity index (χ3v) is 6.48. The maximum absolute atomic E-state index is 13.8. The molecule has 11 heteroatoms. The summed E-state index contributed by atoms with van der Waals surface area (Å²) in [5, 5.41) is 16.8.